The molecule has 2 aliphatic heterocycles. The number of ether oxygens (including phenoxy) is 5. The van der Waals surface area contributed by atoms with Crippen molar-refractivity contribution in [1.29, 1.82) is 0 Å². The Hall–Kier alpha value is -0.520. The summed E-state index contributed by atoms with van der Waals surface area (Å²) in [6.07, 6.45) is -5.99. The van der Waals surface area contributed by atoms with Crippen LogP contribution in [0, 0.1) is 52.3 Å². The lowest BCUT2D eigenvalue weighted by Gasteiger charge is -2.63. The summed E-state index contributed by atoms with van der Waals surface area (Å²) in [7, 11) is 1.37. The predicted molar refractivity (Wildman–Crippen MR) is 183 cm³/mol. The van der Waals surface area contributed by atoms with Gasteiger partial charge >= 0.3 is 0 Å². The fourth-order valence-electron chi connectivity index (χ4n) is 12.1. The van der Waals surface area contributed by atoms with Crippen LogP contribution in [-0.2, 0) is 23.7 Å². The SMILES string of the molecule is COC1C(O)[C@H](O)CO[C@H]1OC1C(O)[C@@H](CO)O[C@H]1O[C@@H](CC[C@@H](C)C1C[C@@H](O)C2C3C[C@H](O)C4[C@@H](O)[C@@H](O)CC[C@]4(C)C3CC[C@]12C)C(C)C. The maximum absolute atomic E-state index is 11.7. The average molecular weight is 731 g/mol. The monoisotopic (exact) mass is 730 g/mol. The Bertz CT molecular complexity index is 1160. The van der Waals surface area contributed by atoms with Crippen LogP contribution in [0.1, 0.15) is 86.0 Å². The number of hydrogen-bond donors (Lipinski definition) is 8. The molecule has 0 radical (unpaired) electrons. The molecule has 296 valence electrons. The Balaban J connectivity index is 1.12. The van der Waals surface area contributed by atoms with Gasteiger partial charge in [-0.2, -0.15) is 0 Å². The van der Waals surface area contributed by atoms with Crippen molar-refractivity contribution in [2.45, 2.75) is 166 Å². The highest BCUT2D eigenvalue weighted by molar-refractivity contribution is 5.14. The van der Waals surface area contributed by atoms with E-state index in [2.05, 4.69) is 34.6 Å². The summed E-state index contributed by atoms with van der Waals surface area (Å²) < 4.78 is 29.6. The smallest absolute Gasteiger partial charge is 0.187 e. The molecule has 4 saturated carbocycles. The lowest BCUT2D eigenvalue weighted by molar-refractivity contribution is -0.311. The van der Waals surface area contributed by atoms with E-state index in [0.717, 1.165) is 25.7 Å². The minimum absolute atomic E-state index is 0.0523. The number of fused-ring (bicyclic) bond motifs is 5. The molecule has 0 aromatic carbocycles. The maximum Gasteiger partial charge on any atom is 0.187 e. The van der Waals surface area contributed by atoms with Crippen molar-refractivity contribution in [3.05, 3.63) is 0 Å². The van der Waals surface area contributed by atoms with Gasteiger partial charge in [0.05, 0.1) is 43.7 Å². The quantitative estimate of drug-likeness (QED) is 0.149. The second-order valence-corrected chi connectivity index (χ2v) is 17.9. The third-order valence-electron chi connectivity index (χ3n) is 14.9. The fraction of sp³-hybridized carbons (Fsp3) is 1.00. The van der Waals surface area contributed by atoms with E-state index in [4.69, 9.17) is 23.7 Å². The van der Waals surface area contributed by atoms with Crippen molar-refractivity contribution in [3.63, 3.8) is 0 Å². The van der Waals surface area contributed by atoms with Crippen LogP contribution in [-0.4, -0.2) is 141 Å². The summed E-state index contributed by atoms with van der Waals surface area (Å²) in [5.41, 5.74) is -0.388. The van der Waals surface area contributed by atoms with Crippen LogP contribution in [0.15, 0.2) is 0 Å². The van der Waals surface area contributed by atoms with E-state index in [0.29, 0.717) is 25.7 Å². The Morgan fingerprint density at radius 3 is 2.10 bits per heavy atom. The zero-order valence-corrected chi connectivity index (χ0v) is 31.2. The van der Waals surface area contributed by atoms with Crippen LogP contribution < -0.4 is 0 Å². The Labute approximate surface area is 302 Å². The highest BCUT2D eigenvalue weighted by atomic mass is 16.8. The second-order valence-electron chi connectivity index (χ2n) is 17.9. The zero-order valence-electron chi connectivity index (χ0n) is 31.2. The molecule has 2 heterocycles. The first kappa shape index (κ1) is 40.2. The molecule has 51 heavy (non-hydrogen) atoms. The molecule has 6 aliphatic rings. The van der Waals surface area contributed by atoms with Crippen LogP contribution >= 0.6 is 0 Å². The average Bonchev–Trinajstić information content (AvgIpc) is 3.53. The van der Waals surface area contributed by atoms with Crippen LogP contribution in [0.4, 0.5) is 0 Å². The van der Waals surface area contributed by atoms with E-state index in [-0.39, 0.29) is 65.0 Å². The normalized spacial score (nSPS) is 52.6. The molecule has 9 unspecified atom stereocenters. The van der Waals surface area contributed by atoms with E-state index in [9.17, 15) is 40.9 Å². The molecule has 21 atom stereocenters. The van der Waals surface area contributed by atoms with Gasteiger partial charge in [0, 0.05) is 13.0 Å². The Morgan fingerprint density at radius 1 is 0.745 bits per heavy atom. The predicted octanol–water partition coefficient (Wildman–Crippen LogP) is 0.933. The summed E-state index contributed by atoms with van der Waals surface area (Å²) in [6.45, 7) is 10.3. The van der Waals surface area contributed by atoms with Gasteiger partial charge in [0.25, 0.3) is 0 Å². The van der Waals surface area contributed by atoms with E-state index in [1.165, 1.54) is 7.11 Å². The highest BCUT2D eigenvalue weighted by Gasteiger charge is 2.66. The molecule has 13 nitrogen and oxygen atoms in total. The molecule has 4 aliphatic carbocycles. The zero-order chi connectivity index (χ0) is 37.2. The lowest BCUT2D eigenvalue weighted by atomic mass is 9.43. The third kappa shape index (κ3) is 7.08. The molecule has 8 N–H and O–H groups in total. The molecule has 6 rings (SSSR count). The Morgan fingerprint density at radius 2 is 1.43 bits per heavy atom. The standard InChI is InChI=1S/C38H66O13/c1-17(2)26(49-36-34(32(46)27(15-39)50-36)51-35-33(47-6)31(45)25(43)16-48-35)8-7-18(3)21-14-24(42)28-19-13-23(41)29-30(44)22(40)10-12-37(29,4)20(19)9-11-38(21,28)5/h17-36,39-46H,7-16H2,1-6H3/t18-,19?,20?,21?,22+,23+,24-,25-,26+,27-,28?,29?,30+,31?,32?,33?,34?,35+,36-,37-,38-/m1/s1. The molecule has 0 aromatic rings. The van der Waals surface area contributed by atoms with E-state index >= 15 is 0 Å². The van der Waals surface area contributed by atoms with Crippen molar-refractivity contribution in [1.82, 2.24) is 0 Å². The van der Waals surface area contributed by atoms with Gasteiger partial charge in [0.15, 0.2) is 12.6 Å². The molecule has 6 fully saturated rings. The van der Waals surface area contributed by atoms with Crippen LogP contribution in [0.25, 0.3) is 0 Å². The van der Waals surface area contributed by atoms with Gasteiger partial charge in [0.2, 0.25) is 0 Å². The minimum Gasteiger partial charge on any atom is -0.394 e. The lowest BCUT2D eigenvalue weighted by Crippen LogP contribution is -2.63. The van der Waals surface area contributed by atoms with Gasteiger partial charge in [-0.1, -0.05) is 34.6 Å². The van der Waals surface area contributed by atoms with Gasteiger partial charge in [-0.3, -0.25) is 0 Å². The van der Waals surface area contributed by atoms with Gasteiger partial charge in [-0.25, -0.2) is 0 Å². The first-order valence-corrected chi connectivity index (χ1v) is 19.5. The van der Waals surface area contributed by atoms with Gasteiger partial charge in [-0.15, -0.1) is 0 Å². The van der Waals surface area contributed by atoms with Crippen molar-refractivity contribution in [2.24, 2.45) is 52.3 Å². The molecule has 13 heteroatoms. The number of methoxy groups -OCH3 is 1. The minimum atomic E-state index is -1.26. The van der Waals surface area contributed by atoms with Crippen LogP contribution in [0.5, 0.6) is 0 Å². The summed E-state index contributed by atoms with van der Waals surface area (Å²) in [4.78, 5) is 0. The summed E-state index contributed by atoms with van der Waals surface area (Å²) >= 11 is 0. The third-order valence-corrected chi connectivity index (χ3v) is 14.9. The Kier molecular flexibility index (Phi) is 12.2. The molecule has 0 bridgehead atoms. The summed E-state index contributed by atoms with van der Waals surface area (Å²) in [6, 6.07) is 0. The van der Waals surface area contributed by atoms with Crippen molar-refractivity contribution < 1.29 is 64.5 Å². The summed E-state index contributed by atoms with van der Waals surface area (Å²) in [5.74, 6) is 0.735. The molecule has 0 amide bonds. The first-order chi connectivity index (χ1) is 24.1. The fourth-order valence-corrected chi connectivity index (χ4v) is 12.1. The van der Waals surface area contributed by atoms with Crippen molar-refractivity contribution in [2.75, 3.05) is 20.3 Å². The number of aliphatic hydroxyl groups excluding tert-OH is 8. The van der Waals surface area contributed by atoms with Crippen LogP contribution in [0.2, 0.25) is 0 Å². The summed E-state index contributed by atoms with van der Waals surface area (Å²) in [5, 5.41) is 86.1. The van der Waals surface area contributed by atoms with Gasteiger partial charge in [-0.05, 0) is 97.7 Å². The highest BCUT2D eigenvalue weighted by Crippen LogP contribution is 2.68. The molecular weight excluding hydrogens is 664 g/mol. The molecular formula is C38H66O13. The van der Waals surface area contributed by atoms with Gasteiger partial charge < -0.3 is 64.5 Å². The van der Waals surface area contributed by atoms with Gasteiger partial charge in [0.1, 0.15) is 36.6 Å². The first-order valence-electron chi connectivity index (χ1n) is 19.5. The van der Waals surface area contributed by atoms with Crippen molar-refractivity contribution >= 4 is 0 Å². The molecule has 0 spiro atoms. The number of hydrogen-bond acceptors (Lipinski definition) is 13. The van der Waals surface area contributed by atoms with E-state index in [1.54, 1.807) is 0 Å². The van der Waals surface area contributed by atoms with E-state index < -0.39 is 80.2 Å². The number of rotatable bonds is 11. The number of aliphatic hydroxyl groups is 8. The second kappa shape index (κ2) is 15.5. The largest absolute Gasteiger partial charge is 0.394 e. The molecule has 2 saturated heterocycles. The maximum atomic E-state index is 11.7. The van der Waals surface area contributed by atoms with E-state index in [1.807, 2.05) is 0 Å². The topological polar surface area (TPSA) is 208 Å². The molecule has 0 aromatic heterocycles. The van der Waals surface area contributed by atoms with Crippen molar-refractivity contribution in [3.8, 4) is 0 Å². The van der Waals surface area contributed by atoms with Crippen LogP contribution in [0.3, 0.4) is 0 Å².